The number of piperidine rings is 1. The fourth-order valence-electron chi connectivity index (χ4n) is 4.18. The second-order valence-electron chi connectivity index (χ2n) is 8.56. The van der Waals surface area contributed by atoms with E-state index in [1.807, 2.05) is 23.9 Å². The van der Waals surface area contributed by atoms with Gasteiger partial charge in [-0.05, 0) is 68.2 Å². The topological polar surface area (TPSA) is 78.5 Å². The van der Waals surface area contributed by atoms with Gasteiger partial charge in [-0.15, -0.1) is 11.8 Å². The van der Waals surface area contributed by atoms with E-state index in [2.05, 4.69) is 16.7 Å². The minimum absolute atomic E-state index is 0.104. The Labute approximate surface area is 182 Å². The number of thioether (sulfide) groups is 1. The van der Waals surface area contributed by atoms with Gasteiger partial charge in [0.2, 0.25) is 11.8 Å². The third-order valence-corrected chi connectivity index (χ3v) is 7.18. The molecule has 0 bridgehead atoms. The van der Waals surface area contributed by atoms with Crippen molar-refractivity contribution in [3.05, 3.63) is 29.3 Å². The lowest BCUT2D eigenvalue weighted by Crippen LogP contribution is -2.52. The van der Waals surface area contributed by atoms with Gasteiger partial charge in [-0.2, -0.15) is 0 Å². The summed E-state index contributed by atoms with van der Waals surface area (Å²) >= 11 is 1.84. The van der Waals surface area contributed by atoms with Crippen LogP contribution in [0.2, 0.25) is 0 Å². The first-order valence-electron chi connectivity index (χ1n) is 11.3. The molecule has 6 nitrogen and oxygen atoms in total. The predicted molar refractivity (Wildman–Crippen MR) is 117 cm³/mol. The van der Waals surface area contributed by atoms with Crippen molar-refractivity contribution in [2.24, 2.45) is 0 Å². The molecule has 1 unspecified atom stereocenters. The number of imide groups is 1. The fourth-order valence-corrected chi connectivity index (χ4v) is 5.16. The van der Waals surface area contributed by atoms with Crippen LogP contribution in [0.3, 0.4) is 0 Å². The summed E-state index contributed by atoms with van der Waals surface area (Å²) in [6, 6.07) is 6.27. The Morgan fingerprint density at radius 2 is 1.83 bits per heavy atom. The van der Waals surface area contributed by atoms with Gasteiger partial charge in [-0.1, -0.05) is 19.3 Å². The van der Waals surface area contributed by atoms with Crippen LogP contribution in [0.5, 0.6) is 0 Å². The van der Waals surface area contributed by atoms with Crippen molar-refractivity contribution in [2.75, 3.05) is 12.3 Å². The molecule has 162 valence electrons. The molecule has 1 aliphatic carbocycles. The van der Waals surface area contributed by atoms with Crippen molar-refractivity contribution < 1.29 is 14.4 Å². The van der Waals surface area contributed by atoms with Gasteiger partial charge in [0.05, 0.1) is 0 Å². The second kappa shape index (κ2) is 9.96. The van der Waals surface area contributed by atoms with E-state index in [0.29, 0.717) is 18.5 Å². The molecule has 1 aromatic carbocycles. The molecular formula is C23H31N3O3S. The molecule has 0 spiro atoms. The van der Waals surface area contributed by atoms with Gasteiger partial charge >= 0.3 is 0 Å². The number of rotatable bonds is 11. The average Bonchev–Trinajstić information content (AvgIpc) is 3.50. The lowest BCUT2D eigenvalue weighted by molar-refractivity contribution is -0.136. The number of amides is 3. The molecule has 1 saturated carbocycles. The van der Waals surface area contributed by atoms with Crippen LogP contribution in [0.1, 0.15) is 73.7 Å². The first-order chi connectivity index (χ1) is 14.6. The van der Waals surface area contributed by atoms with E-state index in [-0.39, 0.29) is 24.1 Å². The Balaban J connectivity index is 1.18. The number of carbonyl (C=O) groups is 3. The van der Waals surface area contributed by atoms with E-state index in [0.717, 1.165) is 17.4 Å². The van der Waals surface area contributed by atoms with Gasteiger partial charge in [0, 0.05) is 29.5 Å². The second-order valence-corrected chi connectivity index (χ2v) is 9.73. The lowest BCUT2D eigenvalue weighted by atomic mass is 10.0. The monoisotopic (exact) mass is 429 g/mol. The van der Waals surface area contributed by atoms with E-state index in [9.17, 15) is 14.4 Å². The van der Waals surface area contributed by atoms with Crippen LogP contribution in [0, 0.1) is 0 Å². The molecule has 2 aliphatic heterocycles. The van der Waals surface area contributed by atoms with Crippen molar-refractivity contribution in [3.63, 3.8) is 0 Å². The van der Waals surface area contributed by atoms with Crippen molar-refractivity contribution in [1.29, 1.82) is 0 Å². The van der Waals surface area contributed by atoms with Crippen LogP contribution in [0.25, 0.3) is 0 Å². The predicted octanol–water partition coefficient (Wildman–Crippen LogP) is 3.24. The van der Waals surface area contributed by atoms with Gasteiger partial charge in [-0.3, -0.25) is 19.7 Å². The van der Waals surface area contributed by atoms with Gasteiger partial charge in [-0.25, -0.2) is 0 Å². The number of carbonyl (C=O) groups excluding carboxylic acids is 3. The summed E-state index contributed by atoms with van der Waals surface area (Å²) in [5.74, 6) is 0.371. The Morgan fingerprint density at radius 1 is 1.03 bits per heavy atom. The van der Waals surface area contributed by atoms with Crippen LogP contribution in [0.15, 0.2) is 23.1 Å². The largest absolute Gasteiger partial charge is 0.322 e. The Bertz CT molecular complexity index is 809. The van der Waals surface area contributed by atoms with Crippen molar-refractivity contribution in [1.82, 2.24) is 15.5 Å². The Kier molecular flexibility index (Phi) is 7.10. The maximum atomic E-state index is 12.7. The molecule has 2 fully saturated rings. The zero-order valence-electron chi connectivity index (χ0n) is 17.5. The van der Waals surface area contributed by atoms with Gasteiger partial charge < -0.3 is 10.2 Å². The highest BCUT2D eigenvalue weighted by Crippen LogP contribution is 2.31. The molecule has 3 amide bonds. The van der Waals surface area contributed by atoms with Crippen LogP contribution >= 0.6 is 11.8 Å². The molecule has 2 N–H and O–H groups in total. The Hall–Kier alpha value is -1.86. The first-order valence-corrected chi connectivity index (χ1v) is 12.2. The number of hydrogen-bond acceptors (Lipinski definition) is 5. The molecule has 0 aromatic heterocycles. The van der Waals surface area contributed by atoms with Crippen molar-refractivity contribution >= 4 is 29.5 Å². The van der Waals surface area contributed by atoms with Crippen LogP contribution in [-0.4, -0.2) is 47.0 Å². The molecule has 1 saturated heterocycles. The molecule has 3 aliphatic rings. The number of unbranched alkanes of at least 4 members (excludes halogenated alkanes) is 4. The summed E-state index contributed by atoms with van der Waals surface area (Å²) in [7, 11) is 0. The van der Waals surface area contributed by atoms with Gasteiger partial charge in [0.1, 0.15) is 6.04 Å². The summed E-state index contributed by atoms with van der Waals surface area (Å²) < 4.78 is 0. The minimum atomic E-state index is -0.543. The highest BCUT2D eigenvalue weighted by molar-refractivity contribution is 7.99. The summed E-state index contributed by atoms with van der Waals surface area (Å²) in [4.78, 5) is 39.0. The van der Waals surface area contributed by atoms with Gasteiger partial charge in [0.15, 0.2) is 0 Å². The first kappa shape index (κ1) is 21.4. The van der Waals surface area contributed by atoms with Crippen molar-refractivity contribution in [3.8, 4) is 0 Å². The Morgan fingerprint density at radius 3 is 2.63 bits per heavy atom. The third kappa shape index (κ3) is 5.43. The van der Waals surface area contributed by atoms with E-state index in [4.69, 9.17) is 0 Å². The highest BCUT2D eigenvalue weighted by atomic mass is 32.2. The molecule has 1 aromatic rings. The van der Waals surface area contributed by atoms with Crippen molar-refractivity contribution in [2.45, 2.75) is 81.3 Å². The van der Waals surface area contributed by atoms with E-state index in [1.54, 1.807) is 4.90 Å². The number of nitrogens with zero attached hydrogens (tertiary/aromatic N) is 1. The maximum Gasteiger partial charge on any atom is 0.255 e. The molecule has 1 atom stereocenters. The highest BCUT2D eigenvalue weighted by Gasteiger charge is 2.39. The van der Waals surface area contributed by atoms with Crippen LogP contribution in [0.4, 0.5) is 0 Å². The lowest BCUT2D eigenvalue weighted by Gasteiger charge is -2.29. The number of hydrogen-bond donors (Lipinski definition) is 2. The van der Waals surface area contributed by atoms with Crippen LogP contribution < -0.4 is 10.6 Å². The molecule has 4 rings (SSSR count). The summed E-state index contributed by atoms with van der Waals surface area (Å²) in [5.41, 5.74) is 1.67. The van der Waals surface area contributed by atoms with Crippen LogP contribution in [-0.2, 0) is 16.1 Å². The summed E-state index contributed by atoms with van der Waals surface area (Å²) in [5, 5.41) is 5.91. The summed E-state index contributed by atoms with van der Waals surface area (Å²) in [6.07, 6.45) is 9.78. The summed E-state index contributed by atoms with van der Waals surface area (Å²) in [6.45, 7) is 1.62. The molecule has 2 heterocycles. The average molecular weight is 430 g/mol. The third-order valence-electron chi connectivity index (χ3n) is 6.10. The smallest absolute Gasteiger partial charge is 0.255 e. The van der Waals surface area contributed by atoms with E-state index < -0.39 is 6.04 Å². The zero-order chi connectivity index (χ0) is 20.9. The molecular weight excluding hydrogens is 398 g/mol. The van der Waals surface area contributed by atoms with Gasteiger partial charge in [0.25, 0.3) is 5.91 Å². The fraction of sp³-hybridized carbons (Fsp3) is 0.609. The molecule has 30 heavy (non-hydrogen) atoms. The number of fused-ring (bicyclic) bond motifs is 1. The number of benzene rings is 1. The number of nitrogens with one attached hydrogen (secondary N) is 2. The normalized spacial score (nSPS) is 21.1. The SMILES string of the molecule is O=C1CCC(N2Cc3cc(SCCCCCCCNC4CC4)ccc3C2=O)C(=O)N1. The van der Waals surface area contributed by atoms with E-state index >= 15 is 0 Å². The quantitative estimate of drug-likeness (QED) is 0.321. The molecule has 0 radical (unpaired) electrons. The molecule has 7 heteroatoms. The zero-order valence-corrected chi connectivity index (χ0v) is 18.3. The standard InChI is InChI=1S/C23H31N3O3S/c27-21-11-10-20(22(28)25-21)26-15-16-14-18(8-9-19(16)23(26)29)30-13-5-3-1-2-4-12-24-17-6-7-17/h8-9,14,17,20,24H,1-7,10-13,15H2,(H,25,27,28). The maximum absolute atomic E-state index is 12.7. The van der Waals surface area contributed by atoms with E-state index in [1.165, 1.54) is 56.4 Å². The minimum Gasteiger partial charge on any atom is -0.322 e.